The number of rotatable bonds is 5. The lowest BCUT2D eigenvalue weighted by Gasteiger charge is -2.14. The molecule has 102 valence electrons. The van der Waals surface area contributed by atoms with E-state index in [1.54, 1.807) is 0 Å². The standard InChI is InChI=1S/C14H18N2O3/c15-11(14(18)19)6-8-13(17)16-12-7-5-9-3-1-2-4-10(9)12/h1-4,11-12H,5-8,15H2,(H,16,17)(H,18,19). The third kappa shape index (κ3) is 3.32. The molecule has 0 radical (unpaired) electrons. The Bertz CT molecular complexity index is 487. The fourth-order valence-electron chi connectivity index (χ4n) is 2.38. The molecular formula is C14H18N2O3. The van der Waals surface area contributed by atoms with Crippen molar-refractivity contribution < 1.29 is 14.7 Å². The molecule has 5 heteroatoms. The quantitative estimate of drug-likeness (QED) is 0.737. The van der Waals surface area contributed by atoms with Crippen molar-refractivity contribution in [3.05, 3.63) is 35.4 Å². The average Bonchev–Trinajstić information content (AvgIpc) is 2.79. The van der Waals surface area contributed by atoms with E-state index in [9.17, 15) is 9.59 Å². The first-order valence-electron chi connectivity index (χ1n) is 6.43. The zero-order valence-corrected chi connectivity index (χ0v) is 10.6. The van der Waals surface area contributed by atoms with E-state index >= 15 is 0 Å². The Balaban J connectivity index is 1.86. The molecule has 0 aliphatic heterocycles. The van der Waals surface area contributed by atoms with Crippen molar-refractivity contribution in [2.24, 2.45) is 5.73 Å². The summed E-state index contributed by atoms with van der Waals surface area (Å²) in [4.78, 5) is 22.3. The Morgan fingerprint density at radius 3 is 2.89 bits per heavy atom. The molecule has 19 heavy (non-hydrogen) atoms. The summed E-state index contributed by atoms with van der Waals surface area (Å²) >= 11 is 0. The third-order valence-corrected chi connectivity index (χ3v) is 3.47. The second-order valence-electron chi connectivity index (χ2n) is 4.84. The molecule has 4 N–H and O–H groups in total. The number of carbonyl (C=O) groups is 2. The van der Waals surface area contributed by atoms with E-state index in [1.807, 2.05) is 18.2 Å². The molecule has 2 atom stereocenters. The Hall–Kier alpha value is -1.88. The molecule has 0 fully saturated rings. The molecule has 1 aliphatic rings. The molecule has 1 aromatic carbocycles. The third-order valence-electron chi connectivity index (χ3n) is 3.47. The molecule has 2 rings (SSSR count). The van der Waals surface area contributed by atoms with Gasteiger partial charge in [0.15, 0.2) is 0 Å². The number of nitrogens with one attached hydrogen (secondary N) is 1. The largest absolute Gasteiger partial charge is 0.480 e. The van der Waals surface area contributed by atoms with E-state index in [4.69, 9.17) is 10.8 Å². The SMILES string of the molecule is NC(CCC(=O)NC1CCc2ccccc21)C(=O)O. The van der Waals surface area contributed by atoms with E-state index in [0.717, 1.165) is 12.8 Å². The van der Waals surface area contributed by atoms with Gasteiger partial charge in [0.05, 0.1) is 6.04 Å². The maximum atomic E-state index is 11.8. The topological polar surface area (TPSA) is 92.4 Å². The molecule has 0 spiro atoms. The average molecular weight is 262 g/mol. The second-order valence-corrected chi connectivity index (χ2v) is 4.84. The van der Waals surface area contributed by atoms with Crippen LogP contribution in [-0.4, -0.2) is 23.0 Å². The minimum atomic E-state index is -1.07. The van der Waals surface area contributed by atoms with Crippen molar-refractivity contribution in [3.8, 4) is 0 Å². The molecule has 5 nitrogen and oxygen atoms in total. The van der Waals surface area contributed by atoms with Crippen LogP contribution in [0.25, 0.3) is 0 Å². The maximum Gasteiger partial charge on any atom is 0.320 e. The van der Waals surface area contributed by atoms with Crippen molar-refractivity contribution in [2.75, 3.05) is 0 Å². The summed E-state index contributed by atoms with van der Waals surface area (Å²) in [5, 5.41) is 11.6. The van der Waals surface area contributed by atoms with Crippen LogP contribution in [0.15, 0.2) is 24.3 Å². The zero-order valence-electron chi connectivity index (χ0n) is 10.6. The zero-order chi connectivity index (χ0) is 13.8. The van der Waals surface area contributed by atoms with Gasteiger partial charge in [-0.2, -0.15) is 0 Å². The van der Waals surface area contributed by atoms with Gasteiger partial charge < -0.3 is 16.2 Å². The van der Waals surface area contributed by atoms with Gasteiger partial charge in [-0.25, -0.2) is 0 Å². The Kier molecular flexibility index (Phi) is 4.16. The molecule has 0 saturated heterocycles. The number of nitrogens with two attached hydrogens (primary N) is 1. The molecule has 0 aromatic heterocycles. The summed E-state index contributed by atoms with van der Waals surface area (Å²) < 4.78 is 0. The summed E-state index contributed by atoms with van der Waals surface area (Å²) in [7, 11) is 0. The summed E-state index contributed by atoms with van der Waals surface area (Å²) in [6.45, 7) is 0. The minimum Gasteiger partial charge on any atom is -0.480 e. The van der Waals surface area contributed by atoms with Gasteiger partial charge >= 0.3 is 5.97 Å². The van der Waals surface area contributed by atoms with E-state index in [0.29, 0.717) is 0 Å². The Labute approximate surface area is 111 Å². The molecular weight excluding hydrogens is 244 g/mol. The van der Waals surface area contributed by atoms with Crippen LogP contribution in [0.4, 0.5) is 0 Å². The number of amides is 1. The predicted molar refractivity (Wildman–Crippen MR) is 70.5 cm³/mol. The van der Waals surface area contributed by atoms with Gasteiger partial charge in [-0.15, -0.1) is 0 Å². The van der Waals surface area contributed by atoms with Gasteiger partial charge in [0.25, 0.3) is 0 Å². The number of hydrogen-bond acceptors (Lipinski definition) is 3. The molecule has 1 aliphatic carbocycles. The lowest BCUT2D eigenvalue weighted by Crippen LogP contribution is -2.33. The van der Waals surface area contributed by atoms with Gasteiger partial charge in [0, 0.05) is 6.42 Å². The lowest BCUT2D eigenvalue weighted by atomic mass is 10.1. The van der Waals surface area contributed by atoms with Gasteiger partial charge in [-0.05, 0) is 30.4 Å². The fourth-order valence-corrected chi connectivity index (χ4v) is 2.38. The number of benzene rings is 1. The van der Waals surface area contributed by atoms with Gasteiger partial charge in [0.1, 0.15) is 6.04 Å². The molecule has 2 unspecified atom stereocenters. The molecule has 0 bridgehead atoms. The Morgan fingerprint density at radius 2 is 2.16 bits per heavy atom. The number of aryl methyl sites for hydroxylation is 1. The van der Waals surface area contributed by atoms with Crippen molar-refractivity contribution in [1.82, 2.24) is 5.32 Å². The minimum absolute atomic E-state index is 0.0461. The normalized spacial score (nSPS) is 18.7. The van der Waals surface area contributed by atoms with Crippen LogP contribution >= 0.6 is 0 Å². The molecule has 1 aromatic rings. The van der Waals surface area contributed by atoms with Crippen LogP contribution in [0.1, 0.15) is 36.4 Å². The fraction of sp³-hybridized carbons (Fsp3) is 0.429. The van der Waals surface area contributed by atoms with Crippen molar-refractivity contribution in [1.29, 1.82) is 0 Å². The van der Waals surface area contributed by atoms with Crippen LogP contribution in [0.5, 0.6) is 0 Å². The van der Waals surface area contributed by atoms with Crippen molar-refractivity contribution in [3.63, 3.8) is 0 Å². The summed E-state index contributed by atoms with van der Waals surface area (Å²) in [5.74, 6) is -1.21. The maximum absolute atomic E-state index is 11.8. The van der Waals surface area contributed by atoms with Crippen LogP contribution in [-0.2, 0) is 16.0 Å². The van der Waals surface area contributed by atoms with E-state index in [2.05, 4.69) is 11.4 Å². The number of aliphatic carboxylic acids is 1. The first-order valence-corrected chi connectivity index (χ1v) is 6.43. The number of fused-ring (bicyclic) bond motifs is 1. The first kappa shape index (κ1) is 13.5. The number of carboxylic acid groups (broad SMARTS) is 1. The monoisotopic (exact) mass is 262 g/mol. The van der Waals surface area contributed by atoms with Gasteiger partial charge in [0.2, 0.25) is 5.91 Å². The lowest BCUT2D eigenvalue weighted by molar-refractivity contribution is -0.138. The van der Waals surface area contributed by atoms with Crippen LogP contribution in [0, 0.1) is 0 Å². The highest BCUT2D eigenvalue weighted by Gasteiger charge is 2.23. The highest BCUT2D eigenvalue weighted by atomic mass is 16.4. The summed E-state index contributed by atoms with van der Waals surface area (Å²) in [6, 6.07) is 7.13. The van der Waals surface area contributed by atoms with Crippen LogP contribution in [0.2, 0.25) is 0 Å². The Morgan fingerprint density at radius 1 is 1.42 bits per heavy atom. The highest BCUT2D eigenvalue weighted by molar-refractivity contribution is 5.78. The van der Waals surface area contributed by atoms with Gasteiger partial charge in [-0.3, -0.25) is 9.59 Å². The smallest absolute Gasteiger partial charge is 0.320 e. The number of carbonyl (C=O) groups excluding carboxylic acids is 1. The van der Waals surface area contributed by atoms with Gasteiger partial charge in [-0.1, -0.05) is 24.3 Å². The first-order chi connectivity index (χ1) is 9.08. The predicted octanol–water partition coefficient (Wildman–Crippen LogP) is 0.982. The number of hydrogen-bond donors (Lipinski definition) is 3. The van der Waals surface area contributed by atoms with Crippen LogP contribution < -0.4 is 11.1 Å². The summed E-state index contributed by atoms with van der Waals surface area (Å²) in [5.41, 5.74) is 7.81. The summed E-state index contributed by atoms with van der Waals surface area (Å²) in [6.07, 6.45) is 2.17. The van der Waals surface area contributed by atoms with Crippen molar-refractivity contribution in [2.45, 2.75) is 37.8 Å². The second kappa shape index (κ2) is 5.84. The number of carboxylic acids is 1. The van der Waals surface area contributed by atoms with E-state index in [1.165, 1.54) is 11.1 Å². The molecule has 0 heterocycles. The highest BCUT2D eigenvalue weighted by Crippen LogP contribution is 2.30. The van der Waals surface area contributed by atoms with Crippen LogP contribution in [0.3, 0.4) is 0 Å². The van der Waals surface area contributed by atoms with E-state index < -0.39 is 12.0 Å². The van der Waals surface area contributed by atoms with E-state index in [-0.39, 0.29) is 24.8 Å². The molecule has 0 saturated carbocycles. The molecule has 1 amide bonds. The van der Waals surface area contributed by atoms with Crippen molar-refractivity contribution >= 4 is 11.9 Å².